The molecule has 0 saturated heterocycles. The van der Waals surface area contributed by atoms with Crippen molar-refractivity contribution >= 4 is 41.5 Å². The Bertz CT molecular complexity index is 1180. The van der Waals surface area contributed by atoms with Crippen molar-refractivity contribution in [3.63, 3.8) is 0 Å². The SMILES string of the molecule is CC(=O)N[C@@H](CCCN=C(N)N)C(=O)NCC(=O)N[C@@](CC(=O)O)(C(=O)N[C@@H](Cc1ccccc1)C(N)=O)C(F)(F)F. The fraction of sp³-hybridized carbons (Fsp3) is 0.458. The van der Waals surface area contributed by atoms with E-state index >= 15 is 0 Å². The van der Waals surface area contributed by atoms with E-state index in [1.54, 1.807) is 23.5 Å². The van der Waals surface area contributed by atoms with Crippen molar-refractivity contribution in [2.45, 2.75) is 56.4 Å². The monoisotopic (exact) mass is 602 g/mol. The Morgan fingerprint density at radius 2 is 1.60 bits per heavy atom. The van der Waals surface area contributed by atoms with Crippen molar-refractivity contribution in [3.8, 4) is 0 Å². The van der Waals surface area contributed by atoms with Crippen LogP contribution in [0.15, 0.2) is 35.3 Å². The van der Waals surface area contributed by atoms with Gasteiger partial charge in [0.15, 0.2) is 5.96 Å². The van der Waals surface area contributed by atoms with Crippen molar-refractivity contribution < 1.29 is 47.0 Å². The summed E-state index contributed by atoms with van der Waals surface area (Å²) in [4.78, 5) is 76.6. The van der Waals surface area contributed by atoms with Crippen LogP contribution >= 0.6 is 0 Å². The van der Waals surface area contributed by atoms with E-state index in [9.17, 15) is 47.0 Å². The van der Waals surface area contributed by atoms with E-state index in [0.717, 1.165) is 6.92 Å². The van der Waals surface area contributed by atoms with Crippen LogP contribution in [-0.2, 0) is 35.2 Å². The number of nitrogens with two attached hydrogens (primary N) is 3. The van der Waals surface area contributed by atoms with Gasteiger partial charge in [-0.15, -0.1) is 0 Å². The lowest BCUT2D eigenvalue weighted by Crippen LogP contribution is -2.70. The number of aliphatic carboxylic acids is 1. The van der Waals surface area contributed by atoms with Crippen molar-refractivity contribution in [2.75, 3.05) is 13.1 Å². The van der Waals surface area contributed by atoms with Crippen LogP contribution in [0.25, 0.3) is 0 Å². The lowest BCUT2D eigenvalue weighted by Gasteiger charge is -2.35. The summed E-state index contributed by atoms with van der Waals surface area (Å²) < 4.78 is 42.9. The summed E-state index contributed by atoms with van der Waals surface area (Å²) in [7, 11) is 0. The molecule has 0 aliphatic rings. The third-order valence-electron chi connectivity index (χ3n) is 5.63. The lowest BCUT2D eigenvalue weighted by atomic mass is 9.91. The number of alkyl halides is 3. The lowest BCUT2D eigenvalue weighted by molar-refractivity contribution is -0.206. The number of benzene rings is 1. The second-order valence-corrected chi connectivity index (χ2v) is 9.06. The molecule has 0 radical (unpaired) electrons. The molecule has 1 aromatic carbocycles. The zero-order valence-corrected chi connectivity index (χ0v) is 22.5. The zero-order chi connectivity index (χ0) is 32.1. The van der Waals surface area contributed by atoms with Gasteiger partial charge in [-0.25, -0.2) is 0 Å². The van der Waals surface area contributed by atoms with Gasteiger partial charge in [0.05, 0.1) is 13.0 Å². The van der Waals surface area contributed by atoms with E-state index in [-0.39, 0.29) is 31.8 Å². The molecule has 0 bridgehead atoms. The summed E-state index contributed by atoms with van der Waals surface area (Å²) in [6.45, 7) is 0.0420. The summed E-state index contributed by atoms with van der Waals surface area (Å²) in [5, 5.41) is 16.7. The first-order valence-corrected chi connectivity index (χ1v) is 12.3. The number of aliphatic imine (C=N–C) groups is 1. The van der Waals surface area contributed by atoms with Gasteiger partial charge >= 0.3 is 12.1 Å². The molecule has 5 amide bonds. The van der Waals surface area contributed by atoms with E-state index in [1.807, 2.05) is 5.32 Å². The standard InChI is InChI=1S/C24H33F3N8O7/c1-13(36)33-15(8-5-9-31-22(29)30)20(41)32-12-17(37)35-23(11-18(38)39,24(25,26)27)21(42)34-16(19(28)40)10-14-6-3-2-4-7-14/h2-4,6-7,15-16H,5,8-12H2,1H3,(H2,28,40)(H,32,41)(H,33,36)(H,34,42)(H,35,37)(H,38,39)(H4,29,30,31)/t15-,16-,23-/m0/s1. The highest BCUT2D eigenvalue weighted by Gasteiger charge is 2.63. The van der Waals surface area contributed by atoms with E-state index < -0.39 is 72.3 Å². The van der Waals surface area contributed by atoms with Crippen LogP contribution in [0.4, 0.5) is 13.2 Å². The van der Waals surface area contributed by atoms with E-state index in [4.69, 9.17) is 17.2 Å². The first kappa shape index (κ1) is 35.1. The number of hydrogen-bond acceptors (Lipinski definition) is 7. The fourth-order valence-corrected chi connectivity index (χ4v) is 3.65. The molecule has 11 N–H and O–H groups in total. The maximum Gasteiger partial charge on any atom is 0.421 e. The molecule has 0 unspecified atom stereocenters. The van der Waals surface area contributed by atoms with Gasteiger partial charge in [0, 0.05) is 19.9 Å². The average Bonchev–Trinajstić information content (AvgIpc) is 2.87. The van der Waals surface area contributed by atoms with Crippen LogP contribution in [-0.4, -0.2) is 83.5 Å². The topological polar surface area (TPSA) is 261 Å². The second kappa shape index (κ2) is 15.8. The van der Waals surface area contributed by atoms with Crippen LogP contribution in [0.1, 0.15) is 31.7 Å². The number of nitrogens with zero attached hydrogens (tertiary/aromatic N) is 1. The Balaban J connectivity index is 3.14. The molecule has 0 heterocycles. The number of carbonyl (C=O) groups is 6. The van der Waals surface area contributed by atoms with E-state index in [1.165, 1.54) is 17.4 Å². The molecule has 0 fully saturated rings. The number of nitrogens with one attached hydrogen (secondary N) is 4. The predicted octanol–water partition coefficient (Wildman–Crippen LogP) is -2.23. The highest BCUT2D eigenvalue weighted by molar-refractivity contribution is 5.99. The maximum absolute atomic E-state index is 14.3. The molecule has 15 nitrogen and oxygen atoms in total. The number of carbonyl (C=O) groups excluding carboxylic acids is 5. The molecule has 1 aromatic rings. The summed E-state index contributed by atoms with van der Waals surface area (Å²) in [5.74, 6) is -8.81. The third kappa shape index (κ3) is 11.3. The molecule has 0 aromatic heterocycles. The number of carboxylic acid groups (broad SMARTS) is 1. The minimum absolute atomic E-state index is 0.0202. The van der Waals surface area contributed by atoms with Gasteiger partial charge in [-0.05, 0) is 18.4 Å². The molecule has 0 aliphatic carbocycles. The average molecular weight is 603 g/mol. The van der Waals surface area contributed by atoms with Crippen LogP contribution in [0.2, 0.25) is 0 Å². The van der Waals surface area contributed by atoms with Crippen LogP contribution in [0.3, 0.4) is 0 Å². The van der Waals surface area contributed by atoms with Gasteiger partial charge in [-0.2, -0.15) is 13.2 Å². The zero-order valence-electron chi connectivity index (χ0n) is 22.5. The minimum Gasteiger partial charge on any atom is -0.481 e. The van der Waals surface area contributed by atoms with Crippen LogP contribution in [0, 0.1) is 0 Å². The van der Waals surface area contributed by atoms with Gasteiger partial charge in [0.25, 0.3) is 5.91 Å². The highest BCUT2D eigenvalue weighted by Crippen LogP contribution is 2.34. The summed E-state index contributed by atoms with van der Waals surface area (Å²) in [5.41, 5.74) is 12.0. The van der Waals surface area contributed by atoms with Crippen molar-refractivity contribution in [2.24, 2.45) is 22.2 Å². The molecular formula is C24H33F3N8O7. The molecule has 0 spiro atoms. The van der Waals surface area contributed by atoms with E-state index in [0.29, 0.717) is 5.56 Å². The molecule has 232 valence electrons. The number of hydrogen-bond donors (Lipinski definition) is 8. The van der Waals surface area contributed by atoms with Gasteiger partial charge in [-0.1, -0.05) is 30.3 Å². The molecule has 0 aliphatic heterocycles. The number of guanidine groups is 1. The van der Waals surface area contributed by atoms with Crippen LogP contribution < -0.4 is 38.5 Å². The number of primary amides is 1. The molecular weight excluding hydrogens is 569 g/mol. The normalized spacial score (nSPS) is 13.8. The Kier molecular flexibility index (Phi) is 13.2. The summed E-state index contributed by atoms with van der Waals surface area (Å²) in [6, 6.07) is 4.84. The smallest absolute Gasteiger partial charge is 0.421 e. The Labute approximate surface area is 237 Å². The Hall–Kier alpha value is -4.90. The van der Waals surface area contributed by atoms with Gasteiger partial charge in [0.2, 0.25) is 29.2 Å². The predicted molar refractivity (Wildman–Crippen MR) is 141 cm³/mol. The van der Waals surface area contributed by atoms with Gasteiger partial charge in [-0.3, -0.25) is 33.8 Å². The van der Waals surface area contributed by atoms with Crippen molar-refractivity contribution in [1.82, 2.24) is 21.3 Å². The number of rotatable bonds is 16. The van der Waals surface area contributed by atoms with Gasteiger partial charge < -0.3 is 43.6 Å². The fourth-order valence-electron chi connectivity index (χ4n) is 3.65. The van der Waals surface area contributed by atoms with Crippen LogP contribution in [0.5, 0.6) is 0 Å². The van der Waals surface area contributed by atoms with Crippen molar-refractivity contribution in [3.05, 3.63) is 35.9 Å². The third-order valence-corrected chi connectivity index (χ3v) is 5.63. The molecule has 42 heavy (non-hydrogen) atoms. The summed E-state index contributed by atoms with van der Waals surface area (Å²) in [6.07, 6.45) is -7.80. The summed E-state index contributed by atoms with van der Waals surface area (Å²) >= 11 is 0. The minimum atomic E-state index is -5.69. The molecule has 18 heteroatoms. The van der Waals surface area contributed by atoms with Crippen molar-refractivity contribution in [1.29, 1.82) is 0 Å². The Morgan fingerprint density at radius 1 is 0.976 bits per heavy atom. The number of amides is 5. The maximum atomic E-state index is 14.3. The largest absolute Gasteiger partial charge is 0.481 e. The Morgan fingerprint density at radius 3 is 2.10 bits per heavy atom. The second-order valence-electron chi connectivity index (χ2n) is 9.06. The molecule has 0 saturated carbocycles. The first-order valence-electron chi connectivity index (χ1n) is 12.3. The molecule has 3 atom stereocenters. The highest BCUT2D eigenvalue weighted by atomic mass is 19.4. The number of halogens is 3. The van der Waals surface area contributed by atoms with E-state index in [2.05, 4.69) is 10.3 Å². The quantitative estimate of drug-likeness (QED) is 0.0577. The first-order chi connectivity index (χ1) is 19.5. The number of carboxylic acids is 1. The molecule has 1 rings (SSSR count). The van der Waals surface area contributed by atoms with Gasteiger partial charge in [0.1, 0.15) is 12.1 Å².